The average Bonchev–Trinajstić information content (AvgIpc) is 2.76. The second-order valence-corrected chi connectivity index (χ2v) is 6.07. The smallest absolute Gasteiger partial charge is 0.251 e. The molecule has 0 unspecified atom stereocenters. The normalized spacial score (nSPS) is 11.1. The Morgan fingerprint density at radius 1 is 1.17 bits per heavy atom. The van der Waals surface area contributed by atoms with Crippen molar-refractivity contribution in [2.24, 2.45) is 5.73 Å². The largest absolute Gasteiger partial charge is 0.388 e. The minimum Gasteiger partial charge on any atom is -0.388 e. The van der Waals surface area contributed by atoms with Gasteiger partial charge in [-0.15, -0.1) is 0 Å². The van der Waals surface area contributed by atoms with Crippen LogP contribution in [0.3, 0.4) is 0 Å². The van der Waals surface area contributed by atoms with Gasteiger partial charge in [0, 0.05) is 43.1 Å². The van der Waals surface area contributed by atoms with Gasteiger partial charge < -0.3 is 26.2 Å². The molecule has 152 valence electrons. The number of amides is 1. The van der Waals surface area contributed by atoms with E-state index in [2.05, 4.69) is 27.5 Å². The SMILES string of the molecule is COCCNc1ccc(C#Cc2ccc(C(=O)N[C@@H](CN)C(=O)CO)cc2)cn1. The third-order valence-electron chi connectivity index (χ3n) is 3.96. The van der Waals surface area contributed by atoms with Gasteiger partial charge >= 0.3 is 0 Å². The molecule has 1 aromatic heterocycles. The quantitative estimate of drug-likeness (QED) is 0.351. The number of aromatic nitrogens is 1. The molecule has 0 saturated carbocycles. The zero-order valence-electron chi connectivity index (χ0n) is 16.1. The van der Waals surface area contributed by atoms with Crippen LogP contribution >= 0.6 is 0 Å². The third-order valence-corrected chi connectivity index (χ3v) is 3.96. The molecule has 8 heteroatoms. The van der Waals surface area contributed by atoms with Gasteiger partial charge in [0.2, 0.25) is 0 Å². The Hall–Kier alpha value is -3.25. The Labute approximate surface area is 169 Å². The molecule has 0 aliphatic rings. The monoisotopic (exact) mass is 396 g/mol. The summed E-state index contributed by atoms with van der Waals surface area (Å²) in [5, 5.41) is 14.5. The predicted molar refractivity (Wildman–Crippen MR) is 109 cm³/mol. The summed E-state index contributed by atoms with van der Waals surface area (Å²) in [7, 11) is 1.64. The highest BCUT2D eigenvalue weighted by molar-refractivity contribution is 5.98. The van der Waals surface area contributed by atoms with E-state index in [1.165, 1.54) is 0 Å². The molecule has 0 saturated heterocycles. The van der Waals surface area contributed by atoms with E-state index in [-0.39, 0.29) is 6.54 Å². The lowest BCUT2D eigenvalue weighted by Gasteiger charge is -2.14. The van der Waals surface area contributed by atoms with E-state index in [1.807, 2.05) is 12.1 Å². The van der Waals surface area contributed by atoms with Crippen molar-refractivity contribution >= 4 is 17.5 Å². The molecule has 0 aliphatic carbocycles. The van der Waals surface area contributed by atoms with Crippen molar-refractivity contribution in [2.75, 3.05) is 38.7 Å². The number of methoxy groups -OCH3 is 1. The summed E-state index contributed by atoms with van der Waals surface area (Å²) in [6, 6.07) is 9.43. The molecule has 29 heavy (non-hydrogen) atoms. The van der Waals surface area contributed by atoms with E-state index in [0.29, 0.717) is 18.7 Å². The zero-order valence-corrected chi connectivity index (χ0v) is 16.1. The van der Waals surface area contributed by atoms with E-state index in [1.54, 1.807) is 37.6 Å². The van der Waals surface area contributed by atoms with E-state index in [9.17, 15) is 9.59 Å². The summed E-state index contributed by atoms with van der Waals surface area (Å²) >= 11 is 0. The van der Waals surface area contributed by atoms with Crippen LogP contribution in [0, 0.1) is 11.8 Å². The fourth-order valence-electron chi connectivity index (χ4n) is 2.33. The van der Waals surface area contributed by atoms with Gasteiger partial charge in [0.25, 0.3) is 5.91 Å². The minimum absolute atomic E-state index is 0.0799. The molecule has 1 heterocycles. The van der Waals surface area contributed by atoms with Gasteiger partial charge in [0.1, 0.15) is 18.5 Å². The lowest BCUT2D eigenvalue weighted by molar-refractivity contribution is -0.123. The van der Waals surface area contributed by atoms with Gasteiger partial charge in [-0.3, -0.25) is 9.59 Å². The standard InChI is InChI=1S/C21H24N4O4/c1-29-11-10-23-20-9-6-16(13-24-20)3-2-15-4-7-17(8-5-15)21(28)25-18(12-22)19(27)14-26/h4-9,13,18,26H,10-12,14,22H2,1H3,(H,23,24)(H,25,28)/t18-/m0/s1. The second-order valence-electron chi connectivity index (χ2n) is 6.07. The van der Waals surface area contributed by atoms with Gasteiger partial charge in [-0.05, 0) is 36.4 Å². The van der Waals surface area contributed by atoms with Gasteiger partial charge in [-0.2, -0.15) is 0 Å². The number of nitrogens with two attached hydrogens (primary N) is 1. The number of aliphatic hydroxyl groups is 1. The number of ketones is 1. The molecular weight excluding hydrogens is 372 g/mol. The first-order valence-electron chi connectivity index (χ1n) is 9.02. The number of pyridine rings is 1. The molecule has 2 rings (SSSR count). The number of ether oxygens (including phenoxy) is 1. The summed E-state index contributed by atoms with van der Waals surface area (Å²) in [5.41, 5.74) is 7.31. The molecular formula is C21H24N4O4. The summed E-state index contributed by atoms with van der Waals surface area (Å²) in [6.45, 7) is 0.523. The molecule has 0 bridgehead atoms. The summed E-state index contributed by atoms with van der Waals surface area (Å²) in [5.74, 6) is 5.80. The number of Topliss-reactive ketones (excluding diaryl/α,β-unsaturated/α-hetero) is 1. The maximum atomic E-state index is 12.2. The Kier molecular flexibility index (Phi) is 8.79. The molecule has 0 spiro atoms. The third kappa shape index (κ3) is 7.01. The van der Waals surface area contributed by atoms with Gasteiger partial charge in [-0.1, -0.05) is 11.8 Å². The van der Waals surface area contributed by atoms with Crippen LogP contribution in [-0.2, 0) is 9.53 Å². The van der Waals surface area contributed by atoms with Crippen LogP contribution in [-0.4, -0.2) is 61.2 Å². The van der Waals surface area contributed by atoms with Crippen molar-refractivity contribution in [2.45, 2.75) is 6.04 Å². The zero-order chi connectivity index (χ0) is 21.1. The van der Waals surface area contributed by atoms with E-state index < -0.39 is 24.3 Å². The highest BCUT2D eigenvalue weighted by atomic mass is 16.5. The Morgan fingerprint density at radius 2 is 1.86 bits per heavy atom. The van der Waals surface area contributed by atoms with E-state index in [0.717, 1.165) is 16.9 Å². The first-order valence-corrected chi connectivity index (χ1v) is 9.02. The van der Waals surface area contributed by atoms with Crippen LogP contribution in [0.15, 0.2) is 42.6 Å². The number of anilines is 1. The minimum atomic E-state index is -0.911. The average molecular weight is 396 g/mol. The van der Waals surface area contributed by atoms with Gasteiger partial charge in [-0.25, -0.2) is 4.98 Å². The van der Waals surface area contributed by atoms with Crippen LogP contribution in [0.1, 0.15) is 21.5 Å². The van der Waals surface area contributed by atoms with Crippen molar-refractivity contribution in [3.63, 3.8) is 0 Å². The second kappa shape index (κ2) is 11.6. The number of benzene rings is 1. The van der Waals surface area contributed by atoms with Crippen LogP contribution < -0.4 is 16.4 Å². The van der Waals surface area contributed by atoms with Crippen molar-refractivity contribution in [1.82, 2.24) is 10.3 Å². The lowest BCUT2D eigenvalue weighted by Crippen LogP contribution is -2.46. The molecule has 5 N–H and O–H groups in total. The number of nitrogens with zero attached hydrogens (tertiary/aromatic N) is 1. The molecule has 0 fully saturated rings. The predicted octanol–water partition coefficient (Wildman–Crippen LogP) is 0.158. The van der Waals surface area contributed by atoms with Crippen molar-refractivity contribution in [3.05, 3.63) is 59.3 Å². The lowest BCUT2D eigenvalue weighted by atomic mass is 10.1. The Bertz CT molecular complexity index is 870. The molecule has 1 aromatic carbocycles. The van der Waals surface area contributed by atoms with Crippen LogP contribution in [0.2, 0.25) is 0 Å². The topological polar surface area (TPSA) is 127 Å². The van der Waals surface area contributed by atoms with Gasteiger partial charge in [0.15, 0.2) is 5.78 Å². The van der Waals surface area contributed by atoms with Crippen LogP contribution in [0.25, 0.3) is 0 Å². The summed E-state index contributed by atoms with van der Waals surface area (Å²) < 4.78 is 4.97. The fourth-order valence-corrected chi connectivity index (χ4v) is 2.33. The summed E-state index contributed by atoms with van der Waals surface area (Å²) in [4.78, 5) is 28.0. The van der Waals surface area contributed by atoms with E-state index in [4.69, 9.17) is 15.6 Å². The Morgan fingerprint density at radius 3 is 2.45 bits per heavy atom. The molecule has 0 aliphatic heterocycles. The molecule has 8 nitrogen and oxygen atoms in total. The number of carbonyl (C=O) groups is 2. The van der Waals surface area contributed by atoms with Crippen molar-refractivity contribution in [1.29, 1.82) is 0 Å². The first kappa shape index (κ1) is 22.0. The fraction of sp³-hybridized carbons (Fsp3) is 0.286. The van der Waals surface area contributed by atoms with Crippen molar-refractivity contribution in [3.8, 4) is 11.8 Å². The summed E-state index contributed by atoms with van der Waals surface area (Å²) in [6.07, 6.45) is 1.68. The van der Waals surface area contributed by atoms with Crippen LogP contribution in [0.5, 0.6) is 0 Å². The number of rotatable bonds is 9. The molecule has 1 amide bonds. The number of hydrogen-bond donors (Lipinski definition) is 4. The molecule has 1 atom stereocenters. The van der Waals surface area contributed by atoms with Crippen LogP contribution in [0.4, 0.5) is 5.82 Å². The first-order chi connectivity index (χ1) is 14.1. The Balaban J connectivity index is 1.97. The molecule has 2 aromatic rings. The maximum Gasteiger partial charge on any atom is 0.251 e. The number of hydrogen-bond acceptors (Lipinski definition) is 7. The molecule has 0 radical (unpaired) electrons. The maximum absolute atomic E-state index is 12.2. The highest BCUT2D eigenvalue weighted by Crippen LogP contribution is 2.06. The van der Waals surface area contributed by atoms with Gasteiger partial charge in [0.05, 0.1) is 6.61 Å². The highest BCUT2D eigenvalue weighted by Gasteiger charge is 2.18. The van der Waals surface area contributed by atoms with E-state index >= 15 is 0 Å². The number of aliphatic hydroxyl groups excluding tert-OH is 1. The number of carbonyl (C=O) groups excluding carboxylic acids is 2. The number of nitrogens with one attached hydrogen (secondary N) is 2. The van der Waals surface area contributed by atoms with Crippen molar-refractivity contribution < 1.29 is 19.4 Å².